The second kappa shape index (κ2) is 7.45. The summed E-state index contributed by atoms with van der Waals surface area (Å²) in [5.74, 6) is 3.26. The largest absolute Gasteiger partial charge is 0.497 e. The van der Waals surface area contributed by atoms with Gasteiger partial charge in [-0.15, -0.1) is 0 Å². The van der Waals surface area contributed by atoms with Gasteiger partial charge in [0, 0.05) is 55.5 Å². The highest BCUT2D eigenvalue weighted by atomic mass is 16.5. The molecule has 3 atom stereocenters. The molecule has 4 aliphatic rings. The molecule has 0 saturated carbocycles. The van der Waals surface area contributed by atoms with Gasteiger partial charge in [-0.1, -0.05) is 19.1 Å². The Morgan fingerprint density at radius 1 is 1.04 bits per heavy atom. The van der Waals surface area contributed by atoms with E-state index in [4.69, 9.17) is 4.74 Å². The van der Waals surface area contributed by atoms with Crippen LogP contribution in [0.25, 0.3) is 0 Å². The number of hydrogen-bond donors (Lipinski definition) is 0. The fourth-order valence-corrected chi connectivity index (χ4v) is 5.75. The molecule has 4 aliphatic heterocycles. The normalized spacial score (nSPS) is 31.7. The van der Waals surface area contributed by atoms with Crippen LogP contribution < -0.4 is 4.74 Å². The van der Waals surface area contributed by atoms with Gasteiger partial charge < -0.3 is 4.74 Å². The number of nitrogens with zero attached hydrogens (tertiary/aromatic N) is 4. The third kappa shape index (κ3) is 3.11. The van der Waals surface area contributed by atoms with Gasteiger partial charge in [-0.3, -0.25) is 9.80 Å². The Kier molecular flexibility index (Phi) is 4.81. The van der Waals surface area contributed by atoms with E-state index in [-0.39, 0.29) is 0 Å². The maximum atomic E-state index is 5.37. The summed E-state index contributed by atoms with van der Waals surface area (Å²) >= 11 is 0. The summed E-state index contributed by atoms with van der Waals surface area (Å²) in [5.41, 5.74) is 2.69. The summed E-state index contributed by atoms with van der Waals surface area (Å²) < 4.78 is 5.37. The van der Waals surface area contributed by atoms with Crippen LogP contribution in [-0.4, -0.2) is 58.6 Å². The molecule has 4 saturated heterocycles. The number of hydrogen-bond acceptors (Lipinski definition) is 5. The summed E-state index contributed by atoms with van der Waals surface area (Å²) in [6, 6.07) is 10.1. The third-order valence-electron chi connectivity index (χ3n) is 7.10. The zero-order chi connectivity index (χ0) is 19.1. The summed E-state index contributed by atoms with van der Waals surface area (Å²) in [6.45, 7) is 6.71. The summed E-state index contributed by atoms with van der Waals surface area (Å²) in [5, 5.41) is 0. The first kappa shape index (κ1) is 18.1. The summed E-state index contributed by atoms with van der Waals surface area (Å²) in [6.07, 6.45) is 7.65. The molecular weight excluding hydrogens is 348 g/mol. The van der Waals surface area contributed by atoms with Crippen LogP contribution >= 0.6 is 0 Å². The lowest BCUT2D eigenvalue weighted by molar-refractivity contribution is -0.00874. The van der Waals surface area contributed by atoms with E-state index in [0.717, 1.165) is 37.0 Å². The Bertz CT molecular complexity index is 798. The second-order valence-electron chi connectivity index (χ2n) is 8.52. The van der Waals surface area contributed by atoms with Gasteiger partial charge in [-0.2, -0.15) is 0 Å². The average Bonchev–Trinajstić information content (AvgIpc) is 3.17. The Balaban J connectivity index is 1.42. The van der Waals surface area contributed by atoms with Crippen molar-refractivity contribution in [2.24, 2.45) is 5.92 Å². The number of fused-ring (bicyclic) bond motifs is 2. The molecule has 1 aromatic carbocycles. The Labute approximate surface area is 167 Å². The van der Waals surface area contributed by atoms with E-state index in [1.54, 1.807) is 7.11 Å². The molecular formula is C23H30N4O. The van der Waals surface area contributed by atoms with Gasteiger partial charge in [0.2, 0.25) is 0 Å². The molecule has 6 rings (SSSR count). The van der Waals surface area contributed by atoms with Crippen LogP contribution in [0.2, 0.25) is 0 Å². The summed E-state index contributed by atoms with van der Waals surface area (Å²) in [4.78, 5) is 14.5. The Morgan fingerprint density at radius 2 is 1.75 bits per heavy atom. The molecule has 5 heterocycles. The van der Waals surface area contributed by atoms with E-state index in [1.165, 1.54) is 37.1 Å². The van der Waals surface area contributed by atoms with Gasteiger partial charge in [0.15, 0.2) is 0 Å². The predicted molar refractivity (Wildman–Crippen MR) is 109 cm³/mol. The van der Waals surface area contributed by atoms with Gasteiger partial charge in [0.1, 0.15) is 11.6 Å². The standard InChI is InChI=1S/C23H30N4O/c1-3-21-24-12-16(13-25-21)14-27-15-20(17-4-6-19(28-2)7-5-17)23-22(27)18-8-10-26(23)11-9-18/h4-7,12-13,18,20,22-23H,3,8-11,14-15H2,1-2H3/t20-,22+,23+/m0/s1. The molecule has 1 aromatic heterocycles. The van der Waals surface area contributed by atoms with Gasteiger partial charge >= 0.3 is 0 Å². The lowest BCUT2D eigenvalue weighted by Crippen LogP contribution is -2.59. The minimum Gasteiger partial charge on any atom is -0.497 e. The zero-order valence-electron chi connectivity index (χ0n) is 16.9. The molecule has 0 N–H and O–H groups in total. The predicted octanol–water partition coefficient (Wildman–Crippen LogP) is 3.11. The van der Waals surface area contributed by atoms with Crippen molar-refractivity contribution < 1.29 is 4.74 Å². The monoisotopic (exact) mass is 378 g/mol. The van der Waals surface area contributed by atoms with Crippen molar-refractivity contribution in [3.8, 4) is 5.75 Å². The second-order valence-corrected chi connectivity index (χ2v) is 8.52. The van der Waals surface area contributed by atoms with Gasteiger partial charge in [-0.05, 0) is 49.5 Å². The van der Waals surface area contributed by atoms with Gasteiger partial charge in [0.05, 0.1) is 7.11 Å². The summed E-state index contributed by atoms with van der Waals surface area (Å²) in [7, 11) is 1.74. The number of piperidine rings is 3. The SMILES string of the molecule is CCc1ncc(CN2C[C@@H](c3ccc(OC)cc3)[C@@H]3[C@H]2C2CCN3CC2)cn1. The molecule has 0 aliphatic carbocycles. The number of aryl methyl sites for hydroxylation is 1. The highest BCUT2D eigenvalue weighted by Crippen LogP contribution is 2.47. The van der Waals surface area contributed by atoms with E-state index in [0.29, 0.717) is 18.0 Å². The maximum absolute atomic E-state index is 5.37. The maximum Gasteiger partial charge on any atom is 0.127 e. The van der Waals surface area contributed by atoms with Crippen molar-refractivity contribution in [3.63, 3.8) is 0 Å². The minimum absolute atomic E-state index is 0.565. The lowest BCUT2D eigenvalue weighted by atomic mass is 9.75. The minimum atomic E-state index is 0.565. The molecule has 2 bridgehead atoms. The molecule has 0 spiro atoms. The van der Waals surface area contributed by atoms with Crippen LogP contribution in [0.5, 0.6) is 5.75 Å². The molecule has 4 fully saturated rings. The molecule has 5 heteroatoms. The van der Waals surface area contributed by atoms with Crippen molar-refractivity contribution in [2.75, 3.05) is 26.7 Å². The van der Waals surface area contributed by atoms with Crippen molar-refractivity contribution >= 4 is 0 Å². The smallest absolute Gasteiger partial charge is 0.127 e. The lowest BCUT2D eigenvalue weighted by Gasteiger charge is -2.51. The first-order valence-electron chi connectivity index (χ1n) is 10.7. The van der Waals surface area contributed by atoms with Gasteiger partial charge in [-0.25, -0.2) is 9.97 Å². The van der Waals surface area contributed by atoms with Crippen LogP contribution in [0.3, 0.4) is 0 Å². The highest BCUT2D eigenvalue weighted by molar-refractivity contribution is 5.33. The van der Waals surface area contributed by atoms with Crippen LogP contribution in [0, 0.1) is 5.92 Å². The first-order valence-corrected chi connectivity index (χ1v) is 10.7. The first-order chi connectivity index (χ1) is 13.8. The topological polar surface area (TPSA) is 41.5 Å². The molecule has 0 unspecified atom stereocenters. The van der Waals surface area contributed by atoms with E-state index in [9.17, 15) is 0 Å². The fourth-order valence-electron chi connectivity index (χ4n) is 5.75. The van der Waals surface area contributed by atoms with Crippen molar-refractivity contribution in [1.82, 2.24) is 19.8 Å². The third-order valence-corrected chi connectivity index (χ3v) is 7.10. The van der Waals surface area contributed by atoms with Crippen LogP contribution in [-0.2, 0) is 13.0 Å². The Morgan fingerprint density at radius 3 is 2.39 bits per heavy atom. The molecule has 0 amide bonds. The van der Waals surface area contributed by atoms with Crippen molar-refractivity contribution in [3.05, 3.63) is 53.6 Å². The van der Waals surface area contributed by atoms with E-state index >= 15 is 0 Å². The number of benzene rings is 1. The number of rotatable bonds is 5. The molecule has 148 valence electrons. The number of ether oxygens (including phenoxy) is 1. The highest BCUT2D eigenvalue weighted by Gasteiger charge is 2.53. The van der Waals surface area contributed by atoms with Gasteiger partial charge in [0.25, 0.3) is 0 Å². The average molecular weight is 379 g/mol. The zero-order valence-corrected chi connectivity index (χ0v) is 16.9. The quantitative estimate of drug-likeness (QED) is 0.800. The number of likely N-dealkylation sites (tertiary alicyclic amines) is 1. The molecule has 28 heavy (non-hydrogen) atoms. The number of methoxy groups -OCH3 is 1. The van der Waals surface area contributed by atoms with E-state index in [1.807, 2.05) is 12.4 Å². The van der Waals surface area contributed by atoms with Crippen LogP contribution in [0.15, 0.2) is 36.7 Å². The molecule has 0 radical (unpaired) electrons. The van der Waals surface area contributed by atoms with Crippen LogP contribution in [0.1, 0.15) is 42.6 Å². The van der Waals surface area contributed by atoms with E-state index < -0.39 is 0 Å². The van der Waals surface area contributed by atoms with Crippen molar-refractivity contribution in [1.29, 1.82) is 0 Å². The molecule has 5 nitrogen and oxygen atoms in total. The fraction of sp³-hybridized carbons (Fsp3) is 0.565. The van der Waals surface area contributed by atoms with E-state index in [2.05, 4.69) is 51.0 Å². The van der Waals surface area contributed by atoms with Crippen LogP contribution in [0.4, 0.5) is 0 Å². The number of aromatic nitrogens is 2. The van der Waals surface area contributed by atoms with Crippen molar-refractivity contribution in [2.45, 2.75) is 50.7 Å². The molecule has 2 aromatic rings. The Hall–Kier alpha value is -1.98.